The molecule has 1 aliphatic carbocycles. The van der Waals surface area contributed by atoms with Gasteiger partial charge < -0.3 is 23.9 Å². The van der Waals surface area contributed by atoms with E-state index >= 15 is 0 Å². The molecule has 3 aromatic carbocycles. The van der Waals surface area contributed by atoms with Crippen molar-refractivity contribution in [1.82, 2.24) is 5.32 Å². The monoisotopic (exact) mass is 555 g/mol. The SMILES string of the molecule is COc1ccc(-c2cc(=O)oc3c(C)c(OC(=O)C4CCC(CNC(=O)OCc5ccccc5)CC4)ccc23)cc1. The standard InChI is InChI=1S/C33H33NO7/c1-21-29(17-16-27-28(18-30(35)41-31(21)27)24-12-14-26(38-2)15-13-24)40-32(36)25-10-8-22(9-11-25)19-34-33(37)39-20-23-6-4-3-5-7-23/h3-7,12-18,22,25H,8-11,19-20H2,1-2H3,(H,34,37). The summed E-state index contributed by atoms with van der Waals surface area (Å²) >= 11 is 0. The van der Waals surface area contributed by atoms with Gasteiger partial charge in [0.15, 0.2) is 0 Å². The van der Waals surface area contributed by atoms with E-state index in [4.69, 9.17) is 18.6 Å². The number of nitrogens with one attached hydrogen (secondary N) is 1. The van der Waals surface area contributed by atoms with Crippen molar-refractivity contribution in [2.45, 2.75) is 39.2 Å². The molecule has 0 unspecified atom stereocenters. The first-order valence-corrected chi connectivity index (χ1v) is 13.8. The molecule has 1 aliphatic rings. The van der Waals surface area contributed by atoms with Gasteiger partial charge in [0.25, 0.3) is 0 Å². The highest BCUT2D eigenvalue weighted by atomic mass is 16.5. The lowest BCUT2D eigenvalue weighted by molar-refractivity contribution is -0.140. The number of hydrogen-bond acceptors (Lipinski definition) is 7. The molecule has 0 atom stereocenters. The van der Waals surface area contributed by atoms with Gasteiger partial charge in [-0.25, -0.2) is 9.59 Å². The smallest absolute Gasteiger partial charge is 0.407 e. The fourth-order valence-electron chi connectivity index (χ4n) is 5.26. The average Bonchev–Trinajstić information content (AvgIpc) is 3.01. The second-order valence-corrected chi connectivity index (χ2v) is 10.4. The largest absolute Gasteiger partial charge is 0.497 e. The molecule has 1 aromatic heterocycles. The van der Waals surface area contributed by atoms with Crippen LogP contribution in [0.2, 0.25) is 0 Å². The summed E-state index contributed by atoms with van der Waals surface area (Å²) in [6, 6.07) is 22.0. The van der Waals surface area contributed by atoms with Gasteiger partial charge in [0.1, 0.15) is 23.7 Å². The van der Waals surface area contributed by atoms with E-state index in [1.807, 2.05) is 60.7 Å². The molecule has 8 heteroatoms. The van der Waals surface area contributed by atoms with Crippen LogP contribution in [0.25, 0.3) is 22.1 Å². The third-order valence-corrected chi connectivity index (χ3v) is 7.65. The molecule has 5 rings (SSSR count). The molecule has 1 fully saturated rings. The Morgan fingerprint density at radius 3 is 2.39 bits per heavy atom. The highest BCUT2D eigenvalue weighted by Gasteiger charge is 2.28. The van der Waals surface area contributed by atoms with Crippen molar-refractivity contribution < 1.29 is 28.2 Å². The molecule has 0 bridgehead atoms. The van der Waals surface area contributed by atoms with Gasteiger partial charge in [0.2, 0.25) is 0 Å². The van der Waals surface area contributed by atoms with Crippen LogP contribution in [0.4, 0.5) is 4.79 Å². The molecular formula is C33H33NO7. The minimum Gasteiger partial charge on any atom is -0.497 e. The number of benzene rings is 3. The van der Waals surface area contributed by atoms with E-state index in [1.54, 1.807) is 20.1 Å². The number of ether oxygens (including phenoxy) is 3. The maximum atomic E-state index is 13.0. The molecule has 4 aromatic rings. The van der Waals surface area contributed by atoms with Gasteiger partial charge in [0.05, 0.1) is 13.0 Å². The van der Waals surface area contributed by atoms with Crippen LogP contribution in [0, 0.1) is 18.8 Å². The van der Waals surface area contributed by atoms with Gasteiger partial charge in [-0.15, -0.1) is 0 Å². The number of carbonyl (C=O) groups excluding carboxylic acids is 2. The maximum absolute atomic E-state index is 13.0. The lowest BCUT2D eigenvalue weighted by Crippen LogP contribution is -2.33. The van der Waals surface area contributed by atoms with Crippen LogP contribution in [-0.2, 0) is 16.1 Å². The second kappa shape index (κ2) is 12.7. The van der Waals surface area contributed by atoms with E-state index in [-0.39, 0.29) is 24.4 Å². The highest BCUT2D eigenvalue weighted by Crippen LogP contribution is 2.35. The Bertz CT molecular complexity index is 1570. The van der Waals surface area contributed by atoms with E-state index in [2.05, 4.69) is 5.32 Å². The Morgan fingerprint density at radius 2 is 1.68 bits per heavy atom. The first-order valence-electron chi connectivity index (χ1n) is 13.8. The molecule has 0 spiro atoms. The number of hydrogen-bond donors (Lipinski definition) is 1. The summed E-state index contributed by atoms with van der Waals surface area (Å²) < 4.78 is 21.9. The third kappa shape index (κ3) is 6.77. The number of aryl methyl sites for hydroxylation is 1. The number of amides is 1. The minimum absolute atomic E-state index is 0.228. The summed E-state index contributed by atoms with van der Waals surface area (Å²) in [7, 11) is 1.60. The van der Waals surface area contributed by atoms with Gasteiger partial charge in [-0.1, -0.05) is 42.5 Å². The normalized spacial score (nSPS) is 16.6. The molecule has 1 heterocycles. The van der Waals surface area contributed by atoms with Crippen LogP contribution >= 0.6 is 0 Å². The Morgan fingerprint density at radius 1 is 0.951 bits per heavy atom. The van der Waals surface area contributed by atoms with E-state index in [1.165, 1.54) is 6.07 Å². The molecule has 0 saturated heterocycles. The zero-order chi connectivity index (χ0) is 28.8. The zero-order valence-electron chi connectivity index (χ0n) is 23.2. The lowest BCUT2D eigenvalue weighted by atomic mass is 9.82. The maximum Gasteiger partial charge on any atom is 0.407 e. The van der Waals surface area contributed by atoms with Crippen molar-refractivity contribution in [3.8, 4) is 22.6 Å². The quantitative estimate of drug-likeness (QED) is 0.152. The Labute approximate surface area is 238 Å². The predicted molar refractivity (Wildman–Crippen MR) is 155 cm³/mol. The van der Waals surface area contributed by atoms with Crippen LogP contribution in [0.5, 0.6) is 11.5 Å². The molecule has 0 aliphatic heterocycles. The fourth-order valence-corrected chi connectivity index (χ4v) is 5.26. The van der Waals surface area contributed by atoms with Gasteiger partial charge >= 0.3 is 17.7 Å². The van der Waals surface area contributed by atoms with E-state index in [0.717, 1.165) is 40.7 Å². The summed E-state index contributed by atoms with van der Waals surface area (Å²) in [5.74, 6) is 0.843. The van der Waals surface area contributed by atoms with Gasteiger partial charge in [-0.2, -0.15) is 0 Å². The summed E-state index contributed by atoms with van der Waals surface area (Å²) in [4.78, 5) is 37.5. The number of fused-ring (bicyclic) bond motifs is 1. The van der Waals surface area contributed by atoms with Crippen molar-refractivity contribution in [3.63, 3.8) is 0 Å². The number of esters is 1. The summed E-state index contributed by atoms with van der Waals surface area (Å²) in [5.41, 5.74) is 3.02. The van der Waals surface area contributed by atoms with Crippen LogP contribution in [0.3, 0.4) is 0 Å². The van der Waals surface area contributed by atoms with Crippen LogP contribution in [0.1, 0.15) is 36.8 Å². The Balaban J connectivity index is 1.17. The minimum atomic E-state index is -0.481. The number of carbonyl (C=O) groups is 2. The summed E-state index contributed by atoms with van der Waals surface area (Å²) in [6.07, 6.45) is 2.51. The van der Waals surface area contributed by atoms with Gasteiger partial charge in [-0.05, 0) is 79.5 Å². The average molecular weight is 556 g/mol. The van der Waals surface area contributed by atoms with Crippen molar-refractivity contribution in [2.24, 2.45) is 11.8 Å². The third-order valence-electron chi connectivity index (χ3n) is 7.65. The van der Waals surface area contributed by atoms with Crippen LogP contribution in [0.15, 0.2) is 82.0 Å². The summed E-state index contributed by atoms with van der Waals surface area (Å²) in [6.45, 7) is 2.52. The molecule has 8 nitrogen and oxygen atoms in total. The second-order valence-electron chi connectivity index (χ2n) is 10.4. The first-order chi connectivity index (χ1) is 19.9. The van der Waals surface area contributed by atoms with E-state index in [9.17, 15) is 14.4 Å². The molecule has 1 N–H and O–H groups in total. The summed E-state index contributed by atoms with van der Waals surface area (Å²) in [5, 5.41) is 3.59. The fraction of sp³-hybridized carbons (Fsp3) is 0.303. The van der Waals surface area contributed by atoms with E-state index in [0.29, 0.717) is 36.3 Å². The van der Waals surface area contributed by atoms with Crippen molar-refractivity contribution >= 4 is 23.0 Å². The van der Waals surface area contributed by atoms with Crippen molar-refractivity contribution in [3.05, 3.63) is 94.3 Å². The molecular weight excluding hydrogens is 522 g/mol. The molecule has 1 amide bonds. The highest BCUT2D eigenvalue weighted by molar-refractivity contribution is 5.96. The zero-order valence-corrected chi connectivity index (χ0v) is 23.2. The molecule has 41 heavy (non-hydrogen) atoms. The molecule has 212 valence electrons. The van der Waals surface area contributed by atoms with Crippen molar-refractivity contribution in [2.75, 3.05) is 13.7 Å². The van der Waals surface area contributed by atoms with E-state index < -0.39 is 11.7 Å². The van der Waals surface area contributed by atoms with Gasteiger partial charge in [-0.3, -0.25) is 4.79 Å². The van der Waals surface area contributed by atoms with Crippen molar-refractivity contribution in [1.29, 1.82) is 0 Å². The Kier molecular flexibility index (Phi) is 8.67. The predicted octanol–water partition coefficient (Wildman–Crippen LogP) is 6.42. The van der Waals surface area contributed by atoms with Crippen LogP contribution < -0.4 is 20.4 Å². The number of rotatable bonds is 8. The topological polar surface area (TPSA) is 104 Å². The molecule has 1 saturated carbocycles. The van der Waals surface area contributed by atoms with Gasteiger partial charge in [0, 0.05) is 23.6 Å². The number of alkyl carbamates (subject to hydrolysis) is 1. The number of methoxy groups -OCH3 is 1. The Hall–Kier alpha value is -4.59. The molecule has 0 radical (unpaired) electrons. The first kappa shape index (κ1) is 28.0. The van der Waals surface area contributed by atoms with Crippen LogP contribution in [-0.4, -0.2) is 25.7 Å². The lowest BCUT2D eigenvalue weighted by Gasteiger charge is -2.27.